The Labute approximate surface area is 154 Å². The maximum absolute atomic E-state index is 9.70. The highest BCUT2D eigenvalue weighted by atomic mass is 16.5. The smallest absolute Gasteiger partial charge is 0.161 e. The summed E-state index contributed by atoms with van der Waals surface area (Å²) in [5, 5.41) is 9.70. The molecule has 3 rings (SSSR count). The van der Waals surface area contributed by atoms with Gasteiger partial charge in [-0.3, -0.25) is 0 Å². The number of benzene rings is 3. The lowest BCUT2D eigenvalue weighted by molar-refractivity contribution is 0.288. The van der Waals surface area contributed by atoms with Crippen LogP contribution in [0.2, 0.25) is 0 Å². The lowest BCUT2D eigenvalue weighted by Crippen LogP contribution is -1.99. The molecular formula is C23H24O3. The average molecular weight is 348 g/mol. The predicted octanol–water partition coefficient (Wildman–Crippen LogP) is 5.37. The summed E-state index contributed by atoms with van der Waals surface area (Å²) in [6.07, 6.45) is 3.25. The fourth-order valence-electron chi connectivity index (χ4n) is 2.69. The van der Waals surface area contributed by atoms with Crippen LogP contribution in [0.15, 0.2) is 78.9 Å². The summed E-state index contributed by atoms with van der Waals surface area (Å²) < 4.78 is 11.4. The van der Waals surface area contributed by atoms with Crippen LogP contribution in [-0.2, 0) is 13.0 Å². The van der Waals surface area contributed by atoms with Crippen LogP contribution in [0.1, 0.15) is 24.0 Å². The average Bonchev–Trinajstić information content (AvgIpc) is 2.69. The Kier molecular flexibility index (Phi) is 6.54. The van der Waals surface area contributed by atoms with Gasteiger partial charge in [-0.15, -0.1) is 0 Å². The molecule has 0 saturated carbocycles. The van der Waals surface area contributed by atoms with Crippen molar-refractivity contribution in [3.05, 3.63) is 90.0 Å². The van der Waals surface area contributed by atoms with Crippen LogP contribution in [0.25, 0.3) is 0 Å². The molecule has 134 valence electrons. The first-order chi connectivity index (χ1) is 12.8. The van der Waals surface area contributed by atoms with E-state index in [1.54, 1.807) is 18.2 Å². The van der Waals surface area contributed by atoms with Gasteiger partial charge in [-0.25, -0.2) is 0 Å². The summed E-state index contributed by atoms with van der Waals surface area (Å²) in [6.45, 7) is 1.13. The Hall–Kier alpha value is -2.94. The standard InChI is InChI=1S/C23H24O3/c24-22-11-4-5-12-23(22)26-18-20-13-15-21(16-14-20)25-17-7-6-10-19-8-2-1-3-9-19/h1-5,8-9,11-16,24H,6-7,10,17-18H2. The summed E-state index contributed by atoms with van der Waals surface area (Å²) in [4.78, 5) is 0. The lowest BCUT2D eigenvalue weighted by Gasteiger charge is -2.09. The molecule has 0 spiro atoms. The molecule has 0 amide bonds. The van der Waals surface area contributed by atoms with E-state index in [0.29, 0.717) is 12.4 Å². The number of ether oxygens (including phenoxy) is 2. The minimum absolute atomic E-state index is 0.156. The van der Waals surface area contributed by atoms with Crippen molar-refractivity contribution in [3.63, 3.8) is 0 Å². The first kappa shape index (κ1) is 17.9. The quantitative estimate of drug-likeness (QED) is 0.528. The van der Waals surface area contributed by atoms with Crippen LogP contribution in [-0.4, -0.2) is 11.7 Å². The van der Waals surface area contributed by atoms with Gasteiger partial charge in [-0.2, -0.15) is 0 Å². The Morgan fingerprint density at radius 2 is 1.38 bits per heavy atom. The van der Waals surface area contributed by atoms with Crippen LogP contribution in [0, 0.1) is 0 Å². The van der Waals surface area contributed by atoms with Gasteiger partial charge in [-0.05, 0) is 54.7 Å². The number of aromatic hydroxyl groups is 1. The summed E-state index contributed by atoms with van der Waals surface area (Å²) in [5.41, 5.74) is 2.41. The molecule has 0 heterocycles. The number of aryl methyl sites for hydroxylation is 1. The van der Waals surface area contributed by atoms with E-state index in [1.165, 1.54) is 5.56 Å². The molecule has 3 nitrogen and oxygen atoms in total. The number of phenols is 1. The van der Waals surface area contributed by atoms with E-state index in [4.69, 9.17) is 9.47 Å². The third-order valence-corrected chi connectivity index (χ3v) is 4.15. The molecule has 0 saturated heterocycles. The molecular weight excluding hydrogens is 324 g/mol. The molecule has 0 fully saturated rings. The fourth-order valence-corrected chi connectivity index (χ4v) is 2.69. The van der Waals surface area contributed by atoms with Crippen LogP contribution in [0.4, 0.5) is 0 Å². The number of rotatable bonds is 9. The molecule has 3 aromatic carbocycles. The topological polar surface area (TPSA) is 38.7 Å². The minimum Gasteiger partial charge on any atom is -0.504 e. The molecule has 0 unspecified atom stereocenters. The minimum atomic E-state index is 0.156. The van der Waals surface area contributed by atoms with Crippen molar-refractivity contribution in [3.8, 4) is 17.2 Å². The largest absolute Gasteiger partial charge is 0.504 e. The van der Waals surface area contributed by atoms with Gasteiger partial charge in [0.15, 0.2) is 11.5 Å². The number of para-hydroxylation sites is 2. The number of unbranched alkanes of at least 4 members (excludes halogenated alkanes) is 1. The normalized spacial score (nSPS) is 10.5. The van der Waals surface area contributed by atoms with E-state index >= 15 is 0 Å². The van der Waals surface area contributed by atoms with Crippen molar-refractivity contribution in [1.29, 1.82) is 0 Å². The molecule has 3 heteroatoms. The zero-order valence-electron chi connectivity index (χ0n) is 14.8. The lowest BCUT2D eigenvalue weighted by atomic mass is 10.1. The number of hydrogen-bond acceptors (Lipinski definition) is 3. The van der Waals surface area contributed by atoms with Gasteiger partial charge in [-0.1, -0.05) is 54.6 Å². The third-order valence-electron chi connectivity index (χ3n) is 4.15. The summed E-state index contributed by atoms with van der Waals surface area (Å²) in [5.74, 6) is 1.52. The van der Waals surface area contributed by atoms with Crippen LogP contribution in [0.3, 0.4) is 0 Å². The SMILES string of the molecule is Oc1ccccc1OCc1ccc(OCCCCc2ccccc2)cc1. The van der Waals surface area contributed by atoms with Crippen molar-refractivity contribution in [2.45, 2.75) is 25.9 Å². The van der Waals surface area contributed by atoms with Crippen molar-refractivity contribution in [2.24, 2.45) is 0 Å². The monoisotopic (exact) mass is 348 g/mol. The summed E-state index contributed by atoms with van der Waals surface area (Å²) in [7, 11) is 0. The molecule has 0 aliphatic heterocycles. The van der Waals surface area contributed by atoms with Crippen LogP contribution < -0.4 is 9.47 Å². The molecule has 3 aromatic rings. The summed E-state index contributed by atoms with van der Waals surface area (Å²) >= 11 is 0. The highest BCUT2D eigenvalue weighted by Gasteiger charge is 2.02. The van der Waals surface area contributed by atoms with Gasteiger partial charge in [0.05, 0.1) is 6.61 Å². The van der Waals surface area contributed by atoms with Gasteiger partial charge in [0, 0.05) is 0 Å². The highest BCUT2D eigenvalue weighted by molar-refractivity contribution is 5.38. The van der Waals surface area contributed by atoms with Crippen LogP contribution in [0.5, 0.6) is 17.2 Å². The molecule has 26 heavy (non-hydrogen) atoms. The molecule has 0 radical (unpaired) electrons. The van der Waals surface area contributed by atoms with E-state index in [9.17, 15) is 5.11 Å². The van der Waals surface area contributed by atoms with Gasteiger partial charge >= 0.3 is 0 Å². The van der Waals surface area contributed by atoms with Gasteiger partial charge in [0.2, 0.25) is 0 Å². The van der Waals surface area contributed by atoms with E-state index in [2.05, 4.69) is 24.3 Å². The van der Waals surface area contributed by atoms with E-state index in [0.717, 1.165) is 37.2 Å². The predicted molar refractivity (Wildman–Crippen MR) is 104 cm³/mol. The van der Waals surface area contributed by atoms with E-state index in [-0.39, 0.29) is 5.75 Å². The number of phenolic OH excluding ortho intramolecular Hbond substituents is 1. The molecule has 0 aromatic heterocycles. The second-order valence-corrected chi connectivity index (χ2v) is 6.19. The zero-order chi connectivity index (χ0) is 18.0. The summed E-state index contributed by atoms with van der Waals surface area (Å²) in [6, 6.07) is 25.4. The maximum Gasteiger partial charge on any atom is 0.161 e. The van der Waals surface area contributed by atoms with Crippen LogP contribution >= 0.6 is 0 Å². The Morgan fingerprint density at radius 3 is 2.15 bits per heavy atom. The molecule has 0 aliphatic carbocycles. The Morgan fingerprint density at radius 1 is 0.654 bits per heavy atom. The van der Waals surface area contributed by atoms with Crippen molar-refractivity contribution < 1.29 is 14.6 Å². The van der Waals surface area contributed by atoms with Crippen molar-refractivity contribution >= 4 is 0 Å². The van der Waals surface area contributed by atoms with Gasteiger partial charge < -0.3 is 14.6 Å². The Bertz CT molecular complexity index is 782. The third kappa shape index (κ3) is 5.55. The Balaban J connectivity index is 1.37. The van der Waals surface area contributed by atoms with Crippen molar-refractivity contribution in [2.75, 3.05) is 6.61 Å². The fraction of sp³-hybridized carbons (Fsp3) is 0.217. The molecule has 0 bridgehead atoms. The molecule has 0 atom stereocenters. The van der Waals surface area contributed by atoms with Gasteiger partial charge in [0.25, 0.3) is 0 Å². The molecule has 1 N–H and O–H groups in total. The zero-order valence-corrected chi connectivity index (χ0v) is 14.8. The second-order valence-electron chi connectivity index (χ2n) is 6.19. The maximum atomic E-state index is 9.70. The first-order valence-electron chi connectivity index (χ1n) is 8.98. The van der Waals surface area contributed by atoms with Gasteiger partial charge in [0.1, 0.15) is 12.4 Å². The molecule has 0 aliphatic rings. The van der Waals surface area contributed by atoms with Crippen molar-refractivity contribution in [1.82, 2.24) is 0 Å². The second kappa shape index (κ2) is 9.52. The highest BCUT2D eigenvalue weighted by Crippen LogP contribution is 2.25. The van der Waals surface area contributed by atoms with E-state index < -0.39 is 0 Å². The van der Waals surface area contributed by atoms with E-state index in [1.807, 2.05) is 36.4 Å². The number of hydrogen-bond donors (Lipinski definition) is 1. The first-order valence-corrected chi connectivity index (χ1v) is 8.98.